The SMILES string of the molecule is Cc1cccc(C(C)C)c1NC(=O)COc1ccc(Cl)cc1[N+](=O)[O-]. The molecule has 0 saturated heterocycles. The average Bonchev–Trinajstić information content (AvgIpc) is 2.55. The average molecular weight is 363 g/mol. The molecule has 2 rings (SSSR count). The van der Waals surface area contributed by atoms with E-state index in [4.69, 9.17) is 16.3 Å². The maximum atomic E-state index is 12.2. The van der Waals surface area contributed by atoms with Crippen molar-refractivity contribution in [1.29, 1.82) is 0 Å². The largest absolute Gasteiger partial charge is 0.477 e. The van der Waals surface area contributed by atoms with Crippen LogP contribution in [0.25, 0.3) is 0 Å². The van der Waals surface area contributed by atoms with E-state index in [0.717, 1.165) is 16.8 Å². The number of aryl methyl sites for hydroxylation is 1. The number of nitro benzene ring substituents is 1. The Kier molecular flexibility index (Phi) is 5.98. The van der Waals surface area contributed by atoms with Crippen LogP contribution in [0.3, 0.4) is 0 Å². The molecular formula is C18H19ClN2O4. The zero-order valence-corrected chi connectivity index (χ0v) is 15.0. The van der Waals surface area contributed by atoms with Gasteiger partial charge in [0, 0.05) is 16.8 Å². The zero-order valence-electron chi connectivity index (χ0n) is 14.2. The molecule has 2 aromatic carbocycles. The lowest BCUT2D eigenvalue weighted by atomic mass is 9.98. The van der Waals surface area contributed by atoms with Crippen molar-refractivity contribution >= 4 is 28.9 Å². The first-order valence-corrected chi connectivity index (χ1v) is 8.13. The Hall–Kier alpha value is -2.60. The lowest BCUT2D eigenvalue weighted by Crippen LogP contribution is -2.22. The number of ether oxygens (including phenoxy) is 1. The van der Waals surface area contributed by atoms with E-state index in [-0.39, 0.29) is 34.9 Å². The number of hydrogen-bond acceptors (Lipinski definition) is 4. The van der Waals surface area contributed by atoms with Gasteiger partial charge in [0.25, 0.3) is 5.91 Å². The van der Waals surface area contributed by atoms with Crippen molar-refractivity contribution in [2.75, 3.05) is 11.9 Å². The molecule has 6 nitrogen and oxygen atoms in total. The predicted molar refractivity (Wildman–Crippen MR) is 97.5 cm³/mol. The van der Waals surface area contributed by atoms with Crippen molar-refractivity contribution in [2.45, 2.75) is 26.7 Å². The molecule has 0 radical (unpaired) electrons. The van der Waals surface area contributed by atoms with Crippen LogP contribution in [-0.2, 0) is 4.79 Å². The van der Waals surface area contributed by atoms with Crippen molar-refractivity contribution in [2.24, 2.45) is 0 Å². The molecule has 7 heteroatoms. The van der Waals surface area contributed by atoms with Crippen LogP contribution in [0.1, 0.15) is 30.9 Å². The van der Waals surface area contributed by atoms with E-state index in [1.807, 2.05) is 39.0 Å². The second-order valence-electron chi connectivity index (χ2n) is 5.90. The van der Waals surface area contributed by atoms with E-state index in [1.165, 1.54) is 18.2 Å². The maximum Gasteiger partial charge on any atom is 0.312 e. The summed E-state index contributed by atoms with van der Waals surface area (Å²) in [6.45, 7) is 5.65. The minimum Gasteiger partial charge on any atom is -0.477 e. The van der Waals surface area contributed by atoms with Crippen molar-refractivity contribution < 1.29 is 14.5 Å². The van der Waals surface area contributed by atoms with Crippen LogP contribution in [0, 0.1) is 17.0 Å². The summed E-state index contributed by atoms with van der Waals surface area (Å²) >= 11 is 5.76. The molecule has 2 aromatic rings. The number of para-hydroxylation sites is 1. The van der Waals surface area contributed by atoms with E-state index >= 15 is 0 Å². The molecule has 132 valence electrons. The van der Waals surface area contributed by atoms with Gasteiger partial charge in [-0.2, -0.15) is 0 Å². The molecule has 0 atom stereocenters. The molecule has 0 bridgehead atoms. The number of amides is 1. The first-order chi connectivity index (χ1) is 11.8. The summed E-state index contributed by atoms with van der Waals surface area (Å²) in [7, 11) is 0. The first-order valence-electron chi connectivity index (χ1n) is 7.75. The molecule has 0 fully saturated rings. The van der Waals surface area contributed by atoms with Crippen molar-refractivity contribution in [3.05, 3.63) is 62.7 Å². The van der Waals surface area contributed by atoms with E-state index in [1.54, 1.807) is 0 Å². The summed E-state index contributed by atoms with van der Waals surface area (Å²) in [5, 5.41) is 14.1. The summed E-state index contributed by atoms with van der Waals surface area (Å²) in [6, 6.07) is 9.84. The highest BCUT2D eigenvalue weighted by molar-refractivity contribution is 6.30. The Morgan fingerprint density at radius 3 is 2.68 bits per heavy atom. The number of halogens is 1. The molecule has 0 aliphatic heterocycles. The van der Waals surface area contributed by atoms with Crippen molar-refractivity contribution in [3.63, 3.8) is 0 Å². The van der Waals surface area contributed by atoms with Gasteiger partial charge in [-0.25, -0.2) is 0 Å². The lowest BCUT2D eigenvalue weighted by Gasteiger charge is -2.16. The molecule has 0 heterocycles. The van der Waals surface area contributed by atoms with Gasteiger partial charge in [-0.05, 0) is 36.1 Å². The Morgan fingerprint density at radius 2 is 2.04 bits per heavy atom. The fourth-order valence-electron chi connectivity index (χ4n) is 2.42. The van der Waals surface area contributed by atoms with Gasteiger partial charge >= 0.3 is 5.69 Å². The van der Waals surface area contributed by atoms with Gasteiger partial charge in [-0.15, -0.1) is 0 Å². The highest BCUT2D eigenvalue weighted by atomic mass is 35.5. The molecule has 0 spiro atoms. The summed E-state index contributed by atoms with van der Waals surface area (Å²) in [5.74, 6) is -0.146. The summed E-state index contributed by atoms with van der Waals surface area (Å²) in [5.41, 5.74) is 2.43. The smallest absolute Gasteiger partial charge is 0.312 e. The summed E-state index contributed by atoms with van der Waals surface area (Å²) < 4.78 is 5.32. The summed E-state index contributed by atoms with van der Waals surface area (Å²) in [4.78, 5) is 22.7. The van der Waals surface area contributed by atoms with Gasteiger partial charge in [0.2, 0.25) is 0 Å². The fourth-order valence-corrected chi connectivity index (χ4v) is 2.58. The number of benzene rings is 2. The van der Waals surface area contributed by atoms with Crippen LogP contribution in [0.15, 0.2) is 36.4 Å². The molecular weight excluding hydrogens is 344 g/mol. The number of nitro groups is 1. The number of carbonyl (C=O) groups is 1. The maximum absolute atomic E-state index is 12.2. The van der Waals surface area contributed by atoms with Crippen LogP contribution in [0.2, 0.25) is 5.02 Å². The Bertz CT molecular complexity index is 806. The third-order valence-electron chi connectivity index (χ3n) is 3.67. The third-order valence-corrected chi connectivity index (χ3v) is 3.90. The second kappa shape index (κ2) is 7.98. The highest BCUT2D eigenvalue weighted by Crippen LogP contribution is 2.30. The van der Waals surface area contributed by atoms with E-state index in [0.29, 0.717) is 0 Å². The number of nitrogens with one attached hydrogen (secondary N) is 1. The van der Waals surface area contributed by atoms with Crippen LogP contribution in [-0.4, -0.2) is 17.4 Å². The predicted octanol–water partition coefficient (Wildman–Crippen LogP) is 4.70. The van der Waals surface area contributed by atoms with Gasteiger partial charge in [0.15, 0.2) is 12.4 Å². The van der Waals surface area contributed by atoms with Gasteiger partial charge in [-0.1, -0.05) is 43.6 Å². The Labute approximate surface area is 150 Å². The normalized spacial score (nSPS) is 10.6. The topological polar surface area (TPSA) is 81.5 Å². The minimum absolute atomic E-state index is 0.00147. The van der Waals surface area contributed by atoms with Crippen LogP contribution >= 0.6 is 11.6 Å². The monoisotopic (exact) mass is 362 g/mol. The number of hydrogen-bond donors (Lipinski definition) is 1. The highest BCUT2D eigenvalue weighted by Gasteiger charge is 2.18. The molecule has 0 unspecified atom stereocenters. The fraction of sp³-hybridized carbons (Fsp3) is 0.278. The summed E-state index contributed by atoms with van der Waals surface area (Å²) in [6.07, 6.45) is 0. The lowest BCUT2D eigenvalue weighted by molar-refractivity contribution is -0.385. The minimum atomic E-state index is -0.600. The molecule has 1 N–H and O–H groups in total. The number of anilines is 1. The zero-order chi connectivity index (χ0) is 18.6. The standard InChI is InChI=1S/C18H19ClN2O4/c1-11(2)14-6-4-5-12(3)18(14)20-17(22)10-25-16-8-7-13(19)9-15(16)21(23)24/h4-9,11H,10H2,1-3H3,(H,20,22). The molecule has 1 amide bonds. The number of nitrogens with zero attached hydrogens (tertiary/aromatic N) is 1. The Morgan fingerprint density at radius 1 is 1.32 bits per heavy atom. The molecule has 0 aromatic heterocycles. The first kappa shape index (κ1) is 18.7. The van der Waals surface area contributed by atoms with E-state index < -0.39 is 4.92 Å². The second-order valence-corrected chi connectivity index (χ2v) is 6.34. The van der Waals surface area contributed by atoms with Gasteiger partial charge in [0.05, 0.1) is 4.92 Å². The molecule has 25 heavy (non-hydrogen) atoms. The van der Waals surface area contributed by atoms with E-state index in [2.05, 4.69) is 5.32 Å². The quantitative estimate of drug-likeness (QED) is 0.596. The van der Waals surface area contributed by atoms with Crippen molar-refractivity contribution in [1.82, 2.24) is 0 Å². The van der Waals surface area contributed by atoms with Gasteiger partial charge in [0.1, 0.15) is 0 Å². The Balaban J connectivity index is 2.12. The molecule has 0 aliphatic rings. The molecule has 0 saturated carbocycles. The van der Waals surface area contributed by atoms with Gasteiger partial charge < -0.3 is 10.1 Å². The number of carbonyl (C=O) groups excluding carboxylic acids is 1. The van der Waals surface area contributed by atoms with Crippen LogP contribution in [0.5, 0.6) is 5.75 Å². The van der Waals surface area contributed by atoms with Gasteiger partial charge in [-0.3, -0.25) is 14.9 Å². The van der Waals surface area contributed by atoms with Crippen LogP contribution in [0.4, 0.5) is 11.4 Å². The third kappa shape index (κ3) is 4.70. The van der Waals surface area contributed by atoms with E-state index in [9.17, 15) is 14.9 Å². The van der Waals surface area contributed by atoms with Crippen molar-refractivity contribution in [3.8, 4) is 5.75 Å². The molecule has 0 aliphatic carbocycles. The number of rotatable bonds is 6. The van der Waals surface area contributed by atoms with Crippen LogP contribution < -0.4 is 10.1 Å².